The van der Waals surface area contributed by atoms with Crippen molar-refractivity contribution in [3.05, 3.63) is 11.9 Å². The van der Waals surface area contributed by atoms with Crippen LogP contribution in [0, 0.1) is 0 Å². The van der Waals surface area contributed by atoms with E-state index in [4.69, 9.17) is 5.84 Å². The molecule has 0 bridgehead atoms. The van der Waals surface area contributed by atoms with Crippen LogP contribution in [0.2, 0.25) is 0 Å². The molecule has 1 aromatic rings. The molecule has 1 fully saturated rings. The van der Waals surface area contributed by atoms with Crippen LogP contribution in [-0.4, -0.2) is 47.5 Å². The van der Waals surface area contributed by atoms with Crippen LogP contribution in [-0.2, 0) is 11.2 Å². The lowest BCUT2D eigenvalue weighted by atomic mass is 10.3. The number of carbonyl (C=O) groups is 1. The van der Waals surface area contributed by atoms with Gasteiger partial charge in [-0.2, -0.15) is 0 Å². The highest BCUT2D eigenvalue weighted by atomic mass is 16.2. The van der Waals surface area contributed by atoms with Crippen LogP contribution < -0.4 is 16.2 Å². The van der Waals surface area contributed by atoms with E-state index in [1.165, 1.54) is 0 Å². The number of amides is 1. The Labute approximate surface area is 112 Å². The summed E-state index contributed by atoms with van der Waals surface area (Å²) in [6.07, 6.45) is 1.66. The Morgan fingerprint density at radius 3 is 2.89 bits per heavy atom. The maximum Gasteiger partial charge on any atom is 0.241 e. The Morgan fingerprint density at radius 1 is 1.42 bits per heavy atom. The van der Waals surface area contributed by atoms with Gasteiger partial charge in [-0.15, -0.1) is 0 Å². The number of nitrogens with zero attached hydrogens (tertiary/aromatic N) is 4. The summed E-state index contributed by atoms with van der Waals surface area (Å²) in [4.78, 5) is 24.4. The van der Waals surface area contributed by atoms with E-state index in [9.17, 15) is 4.79 Å². The number of nitrogens with one attached hydrogen (secondary N) is 1. The lowest BCUT2D eigenvalue weighted by Gasteiger charge is -2.21. The van der Waals surface area contributed by atoms with Gasteiger partial charge in [0.2, 0.25) is 5.91 Å². The number of rotatable bonds is 3. The second-order valence-corrected chi connectivity index (χ2v) is 4.62. The maximum atomic E-state index is 11.9. The van der Waals surface area contributed by atoms with Crippen molar-refractivity contribution >= 4 is 17.5 Å². The number of anilines is 2. The molecule has 1 amide bonds. The fourth-order valence-corrected chi connectivity index (χ4v) is 2.06. The molecular weight excluding hydrogens is 244 g/mol. The molecule has 0 atom stereocenters. The number of aromatic nitrogens is 2. The Hall–Kier alpha value is -1.89. The topological polar surface area (TPSA) is 87.4 Å². The van der Waals surface area contributed by atoms with E-state index < -0.39 is 0 Å². The van der Waals surface area contributed by atoms with Gasteiger partial charge in [-0.25, -0.2) is 15.8 Å². The SMILES string of the molecule is CCc1nc(NN)cc(N2CCCN(C)C(=O)C2)n1. The van der Waals surface area contributed by atoms with Gasteiger partial charge in [0.25, 0.3) is 0 Å². The predicted molar refractivity (Wildman–Crippen MR) is 73.7 cm³/mol. The van der Waals surface area contributed by atoms with Gasteiger partial charge in [-0.05, 0) is 6.42 Å². The minimum absolute atomic E-state index is 0.108. The second-order valence-electron chi connectivity index (χ2n) is 4.62. The van der Waals surface area contributed by atoms with Crippen LogP contribution in [0.5, 0.6) is 0 Å². The Bertz CT molecular complexity index is 441. The van der Waals surface area contributed by atoms with Crippen molar-refractivity contribution < 1.29 is 4.79 Å². The minimum atomic E-state index is 0.108. The highest BCUT2D eigenvalue weighted by Gasteiger charge is 2.20. The molecule has 1 aliphatic heterocycles. The van der Waals surface area contributed by atoms with Crippen LogP contribution in [0.15, 0.2) is 6.07 Å². The molecule has 2 rings (SSSR count). The summed E-state index contributed by atoms with van der Waals surface area (Å²) in [6.45, 7) is 3.92. The quantitative estimate of drug-likeness (QED) is 0.590. The van der Waals surface area contributed by atoms with Crippen LogP contribution in [0.4, 0.5) is 11.6 Å². The largest absolute Gasteiger partial charge is 0.347 e. The molecule has 1 saturated heterocycles. The van der Waals surface area contributed by atoms with Gasteiger partial charge in [0.1, 0.15) is 17.5 Å². The van der Waals surface area contributed by atoms with Gasteiger partial charge in [0.15, 0.2) is 0 Å². The Morgan fingerprint density at radius 2 is 2.21 bits per heavy atom. The number of nitrogens with two attached hydrogens (primary N) is 1. The third-order valence-electron chi connectivity index (χ3n) is 3.22. The molecule has 7 nitrogen and oxygen atoms in total. The van der Waals surface area contributed by atoms with E-state index in [0.29, 0.717) is 12.4 Å². The maximum absolute atomic E-state index is 11.9. The van der Waals surface area contributed by atoms with E-state index in [0.717, 1.165) is 37.6 Å². The average Bonchev–Trinajstić information content (AvgIpc) is 2.60. The first kappa shape index (κ1) is 13.5. The van der Waals surface area contributed by atoms with E-state index in [-0.39, 0.29) is 5.91 Å². The van der Waals surface area contributed by atoms with Crippen LogP contribution in [0.1, 0.15) is 19.2 Å². The fraction of sp³-hybridized carbons (Fsp3) is 0.583. The number of hydrogen-bond acceptors (Lipinski definition) is 6. The summed E-state index contributed by atoms with van der Waals surface area (Å²) in [5.41, 5.74) is 2.54. The van der Waals surface area contributed by atoms with Crippen LogP contribution in [0.25, 0.3) is 0 Å². The van der Waals surface area contributed by atoms with Gasteiger partial charge >= 0.3 is 0 Å². The summed E-state index contributed by atoms with van der Waals surface area (Å²) in [5, 5.41) is 0. The predicted octanol–water partition coefficient (Wildman–Crippen LogP) is -0.00690. The number of aryl methyl sites for hydroxylation is 1. The molecular formula is C12H20N6O. The van der Waals surface area contributed by atoms with Gasteiger partial charge in [0.05, 0.1) is 6.54 Å². The highest BCUT2D eigenvalue weighted by Crippen LogP contribution is 2.17. The zero-order chi connectivity index (χ0) is 13.8. The molecule has 19 heavy (non-hydrogen) atoms. The first-order chi connectivity index (χ1) is 9.13. The molecule has 3 N–H and O–H groups in total. The van der Waals surface area contributed by atoms with Crippen molar-refractivity contribution in [2.45, 2.75) is 19.8 Å². The van der Waals surface area contributed by atoms with E-state index >= 15 is 0 Å². The van der Waals surface area contributed by atoms with Gasteiger partial charge in [-0.1, -0.05) is 6.92 Å². The van der Waals surface area contributed by atoms with E-state index in [1.807, 2.05) is 18.9 Å². The van der Waals surface area contributed by atoms with Crippen molar-refractivity contribution in [2.24, 2.45) is 5.84 Å². The summed E-state index contributed by atoms with van der Waals surface area (Å²) in [7, 11) is 1.83. The summed E-state index contributed by atoms with van der Waals surface area (Å²) in [5.74, 6) is 7.57. The lowest BCUT2D eigenvalue weighted by Crippen LogP contribution is -2.35. The molecule has 0 saturated carbocycles. The standard InChI is InChI=1S/C12H20N6O/c1-3-9-14-10(16-13)7-11(15-9)18-6-4-5-17(2)12(19)8-18/h7H,3-6,8,13H2,1-2H3,(H,14,15,16). The molecule has 0 aliphatic carbocycles. The molecule has 104 valence electrons. The van der Waals surface area contributed by atoms with Crippen molar-refractivity contribution in [2.75, 3.05) is 37.0 Å². The highest BCUT2D eigenvalue weighted by molar-refractivity contribution is 5.81. The monoisotopic (exact) mass is 264 g/mol. The first-order valence-corrected chi connectivity index (χ1v) is 6.47. The van der Waals surface area contributed by atoms with Crippen molar-refractivity contribution in [3.63, 3.8) is 0 Å². The summed E-state index contributed by atoms with van der Waals surface area (Å²) in [6, 6.07) is 1.78. The fourth-order valence-electron chi connectivity index (χ4n) is 2.06. The number of nitrogen functional groups attached to an aromatic ring is 1. The third-order valence-corrected chi connectivity index (χ3v) is 3.22. The smallest absolute Gasteiger partial charge is 0.241 e. The zero-order valence-corrected chi connectivity index (χ0v) is 11.4. The Balaban J connectivity index is 2.27. The van der Waals surface area contributed by atoms with Crippen molar-refractivity contribution in [1.29, 1.82) is 0 Å². The molecule has 1 aliphatic rings. The molecule has 0 radical (unpaired) electrons. The van der Waals surface area contributed by atoms with E-state index in [2.05, 4.69) is 15.4 Å². The Kier molecular flexibility index (Phi) is 4.16. The number of likely N-dealkylation sites (N-methyl/N-ethyl adjacent to an activating group) is 1. The molecule has 1 aromatic heterocycles. The van der Waals surface area contributed by atoms with Crippen molar-refractivity contribution in [1.82, 2.24) is 14.9 Å². The summed E-state index contributed by atoms with van der Waals surface area (Å²) < 4.78 is 0. The molecule has 7 heteroatoms. The number of carbonyl (C=O) groups excluding carboxylic acids is 1. The van der Waals surface area contributed by atoms with Gasteiger partial charge in [-0.3, -0.25) is 4.79 Å². The summed E-state index contributed by atoms with van der Waals surface area (Å²) >= 11 is 0. The number of hydrogen-bond donors (Lipinski definition) is 2. The zero-order valence-electron chi connectivity index (χ0n) is 11.4. The third kappa shape index (κ3) is 3.11. The molecule has 2 heterocycles. The lowest BCUT2D eigenvalue weighted by molar-refractivity contribution is -0.127. The molecule has 0 unspecified atom stereocenters. The molecule has 0 aromatic carbocycles. The van der Waals surface area contributed by atoms with Crippen LogP contribution >= 0.6 is 0 Å². The van der Waals surface area contributed by atoms with E-state index in [1.54, 1.807) is 11.0 Å². The van der Waals surface area contributed by atoms with Gasteiger partial charge < -0.3 is 15.2 Å². The van der Waals surface area contributed by atoms with Gasteiger partial charge in [0, 0.05) is 32.6 Å². The minimum Gasteiger partial charge on any atom is -0.347 e. The first-order valence-electron chi connectivity index (χ1n) is 6.47. The average molecular weight is 264 g/mol. The van der Waals surface area contributed by atoms with Crippen LogP contribution in [0.3, 0.4) is 0 Å². The second kappa shape index (κ2) is 5.83. The normalized spacial score (nSPS) is 16.5. The number of hydrazine groups is 1. The molecule has 0 spiro atoms. The van der Waals surface area contributed by atoms with Crippen molar-refractivity contribution in [3.8, 4) is 0 Å².